The molecule has 25 heavy (non-hydrogen) atoms. The number of carbonyl (C=O) groups excluding carboxylic acids is 1. The Morgan fingerprint density at radius 3 is 2.44 bits per heavy atom. The molecule has 7 heteroatoms. The van der Waals surface area contributed by atoms with E-state index in [9.17, 15) is 13.2 Å². The van der Waals surface area contributed by atoms with Gasteiger partial charge in [0.1, 0.15) is 0 Å². The first-order valence-electron chi connectivity index (χ1n) is 8.16. The first-order chi connectivity index (χ1) is 11.9. The molecular formula is C18H23N3O3S. The van der Waals surface area contributed by atoms with Gasteiger partial charge in [0.15, 0.2) is 0 Å². The maximum atomic E-state index is 12.1. The van der Waals surface area contributed by atoms with Gasteiger partial charge < -0.3 is 5.32 Å². The van der Waals surface area contributed by atoms with Crippen LogP contribution >= 0.6 is 0 Å². The van der Waals surface area contributed by atoms with E-state index < -0.39 is 10.0 Å². The van der Waals surface area contributed by atoms with Crippen LogP contribution in [0.5, 0.6) is 0 Å². The summed E-state index contributed by atoms with van der Waals surface area (Å²) in [4.78, 5) is 16.5. The maximum absolute atomic E-state index is 12.1. The van der Waals surface area contributed by atoms with Crippen LogP contribution in [0.1, 0.15) is 29.9 Å². The third-order valence-electron chi connectivity index (χ3n) is 3.50. The predicted molar refractivity (Wildman–Crippen MR) is 96.7 cm³/mol. The van der Waals surface area contributed by atoms with Crippen LogP contribution in [0.2, 0.25) is 0 Å². The van der Waals surface area contributed by atoms with Gasteiger partial charge in [0.2, 0.25) is 10.0 Å². The van der Waals surface area contributed by atoms with Crippen LogP contribution in [0.4, 0.5) is 0 Å². The zero-order chi connectivity index (χ0) is 18.3. The van der Waals surface area contributed by atoms with E-state index in [1.165, 1.54) is 24.3 Å². The van der Waals surface area contributed by atoms with Gasteiger partial charge in [-0.1, -0.05) is 19.9 Å². The van der Waals surface area contributed by atoms with Crippen molar-refractivity contribution in [3.63, 3.8) is 0 Å². The zero-order valence-electron chi connectivity index (χ0n) is 14.4. The second-order valence-corrected chi connectivity index (χ2v) is 7.86. The van der Waals surface area contributed by atoms with E-state index in [0.717, 1.165) is 5.69 Å². The van der Waals surface area contributed by atoms with Crippen LogP contribution < -0.4 is 10.0 Å². The molecule has 1 aromatic carbocycles. The molecule has 0 bridgehead atoms. The summed E-state index contributed by atoms with van der Waals surface area (Å²) in [6.45, 7) is 4.70. The largest absolute Gasteiger partial charge is 0.352 e. The third kappa shape index (κ3) is 5.95. The van der Waals surface area contributed by atoms with Crippen molar-refractivity contribution >= 4 is 15.9 Å². The van der Waals surface area contributed by atoms with Gasteiger partial charge in [0, 0.05) is 37.0 Å². The molecular weight excluding hydrogens is 338 g/mol. The van der Waals surface area contributed by atoms with Gasteiger partial charge in [-0.25, -0.2) is 13.1 Å². The summed E-state index contributed by atoms with van der Waals surface area (Å²) in [5.41, 5.74) is 1.32. The molecule has 2 rings (SSSR count). The van der Waals surface area contributed by atoms with E-state index in [1.807, 2.05) is 32.0 Å². The number of sulfonamides is 1. The standard InChI is InChI=1S/C18H23N3O3S/c1-14(2)13-21-25(23,24)17-8-6-15(7-9-17)18(22)20-12-10-16-5-3-4-11-19-16/h3-9,11,14,21H,10,12-13H2,1-2H3,(H,20,22). The Kier molecular flexibility index (Phi) is 6.66. The number of carbonyl (C=O) groups is 1. The number of amides is 1. The van der Waals surface area contributed by atoms with Gasteiger partial charge in [-0.3, -0.25) is 9.78 Å². The number of aromatic nitrogens is 1. The number of nitrogens with zero attached hydrogens (tertiary/aromatic N) is 1. The Balaban J connectivity index is 1.91. The number of nitrogens with one attached hydrogen (secondary N) is 2. The highest BCUT2D eigenvalue weighted by atomic mass is 32.2. The Morgan fingerprint density at radius 2 is 1.84 bits per heavy atom. The smallest absolute Gasteiger partial charge is 0.251 e. The van der Waals surface area contributed by atoms with Crippen molar-refractivity contribution in [2.24, 2.45) is 5.92 Å². The lowest BCUT2D eigenvalue weighted by molar-refractivity contribution is 0.0954. The fraction of sp³-hybridized carbons (Fsp3) is 0.333. The minimum atomic E-state index is -3.54. The molecule has 0 unspecified atom stereocenters. The molecule has 2 N–H and O–H groups in total. The summed E-state index contributed by atoms with van der Waals surface area (Å²) in [6, 6.07) is 11.5. The van der Waals surface area contributed by atoms with E-state index in [4.69, 9.17) is 0 Å². The van der Waals surface area contributed by atoms with E-state index in [-0.39, 0.29) is 16.7 Å². The van der Waals surface area contributed by atoms with Gasteiger partial charge in [-0.2, -0.15) is 0 Å². The van der Waals surface area contributed by atoms with Gasteiger partial charge in [0.05, 0.1) is 4.90 Å². The topological polar surface area (TPSA) is 88.2 Å². The molecule has 1 aromatic heterocycles. The first kappa shape index (κ1) is 19.1. The molecule has 0 radical (unpaired) electrons. The molecule has 0 spiro atoms. The zero-order valence-corrected chi connectivity index (χ0v) is 15.2. The minimum Gasteiger partial charge on any atom is -0.352 e. The average molecular weight is 361 g/mol. The van der Waals surface area contributed by atoms with E-state index in [1.54, 1.807) is 6.20 Å². The lowest BCUT2D eigenvalue weighted by Gasteiger charge is -2.09. The van der Waals surface area contributed by atoms with Crippen molar-refractivity contribution in [1.29, 1.82) is 0 Å². The van der Waals surface area contributed by atoms with E-state index >= 15 is 0 Å². The van der Waals surface area contributed by atoms with Crippen molar-refractivity contribution in [1.82, 2.24) is 15.0 Å². The highest BCUT2D eigenvalue weighted by Gasteiger charge is 2.15. The maximum Gasteiger partial charge on any atom is 0.251 e. The highest BCUT2D eigenvalue weighted by molar-refractivity contribution is 7.89. The molecule has 6 nitrogen and oxygen atoms in total. The number of pyridine rings is 1. The van der Waals surface area contributed by atoms with Crippen LogP contribution in [0.15, 0.2) is 53.6 Å². The monoisotopic (exact) mass is 361 g/mol. The van der Waals surface area contributed by atoms with E-state index in [0.29, 0.717) is 25.1 Å². The van der Waals surface area contributed by atoms with Crippen LogP contribution in [-0.2, 0) is 16.4 Å². The number of rotatable bonds is 8. The Morgan fingerprint density at radius 1 is 1.12 bits per heavy atom. The molecule has 1 heterocycles. The van der Waals surface area contributed by atoms with Gasteiger partial charge in [-0.15, -0.1) is 0 Å². The summed E-state index contributed by atoms with van der Waals surface area (Å²) in [7, 11) is -3.54. The average Bonchev–Trinajstić information content (AvgIpc) is 2.61. The van der Waals surface area contributed by atoms with Gasteiger partial charge in [0.25, 0.3) is 5.91 Å². The predicted octanol–water partition coefficient (Wildman–Crippen LogP) is 1.99. The Hall–Kier alpha value is -2.25. The number of hydrogen-bond acceptors (Lipinski definition) is 4. The molecule has 134 valence electrons. The molecule has 1 amide bonds. The van der Waals surface area contributed by atoms with Crippen LogP contribution in [-0.4, -0.2) is 32.4 Å². The van der Waals surface area contributed by atoms with E-state index in [2.05, 4.69) is 15.0 Å². The van der Waals surface area contributed by atoms with Crippen molar-refractivity contribution in [3.05, 3.63) is 59.9 Å². The molecule has 0 atom stereocenters. The highest BCUT2D eigenvalue weighted by Crippen LogP contribution is 2.11. The number of benzene rings is 1. The van der Waals surface area contributed by atoms with Gasteiger partial charge in [-0.05, 0) is 42.3 Å². The fourth-order valence-electron chi connectivity index (χ4n) is 2.10. The Labute approximate surface area is 148 Å². The molecule has 0 aliphatic heterocycles. The van der Waals surface area contributed by atoms with Crippen LogP contribution in [0.25, 0.3) is 0 Å². The summed E-state index contributed by atoms with van der Waals surface area (Å²) in [6.07, 6.45) is 2.35. The molecule has 0 saturated carbocycles. The molecule has 0 aliphatic carbocycles. The molecule has 0 aliphatic rings. The summed E-state index contributed by atoms with van der Waals surface area (Å²) >= 11 is 0. The summed E-state index contributed by atoms with van der Waals surface area (Å²) in [5.74, 6) is -0.0195. The van der Waals surface area contributed by atoms with Crippen LogP contribution in [0, 0.1) is 5.92 Å². The SMILES string of the molecule is CC(C)CNS(=O)(=O)c1ccc(C(=O)NCCc2ccccn2)cc1. The van der Waals surface area contributed by atoms with Crippen molar-refractivity contribution in [2.45, 2.75) is 25.2 Å². The normalized spacial score (nSPS) is 11.5. The summed E-state index contributed by atoms with van der Waals surface area (Å²) < 4.78 is 26.8. The molecule has 2 aromatic rings. The number of hydrogen-bond donors (Lipinski definition) is 2. The molecule has 0 saturated heterocycles. The lowest BCUT2D eigenvalue weighted by atomic mass is 10.2. The molecule has 0 fully saturated rings. The first-order valence-corrected chi connectivity index (χ1v) is 9.64. The Bertz CT molecular complexity index is 788. The quantitative estimate of drug-likeness (QED) is 0.753. The summed E-state index contributed by atoms with van der Waals surface area (Å²) in [5, 5.41) is 2.80. The third-order valence-corrected chi connectivity index (χ3v) is 4.94. The minimum absolute atomic E-state index is 0.151. The second-order valence-electron chi connectivity index (χ2n) is 6.10. The fourth-order valence-corrected chi connectivity index (χ4v) is 3.31. The van der Waals surface area contributed by atoms with Gasteiger partial charge >= 0.3 is 0 Å². The van der Waals surface area contributed by atoms with Crippen molar-refractivity contribution < 1.29 is 13.2 Å². The van der Waals surface area contributed by atoms with Crippen molar-refractivity contribution in [2.75, 3.05) is 13.1 Å². The second kappa shape index (κ2) is 8.73. The van der Waals surface area contributed by atoms with Crippen LogP contribution in [0.3, 0.4) is 0 Å². The lowest BCUT2D eigenvalue weighted by Crippen LogP contribution is -2.28. The van der Waals surface area contributed by atoms with Crippen molar-refractivity contribution in [3.8, 4) is 0 Å².